The third-order valence-electron chi connectivity index (χ3n) is 6.01. The smallest absolute Gasteiger partial charge is 0.178 e. The van der Waals surface area contributed by atoms with E-state index in [9.17, 15) is 0 Å². The molecule has 2 aromatic carbocycles. The summed E-state index contributed by atoms with van der Waals surface area (Å²) in [6.45, 7) is 6.86. The predicted molar refractivity (Wildman–Crippen MR) is 132 cm³/mol. The summed E-state index contributed by atoms with van der Waals surface area (Å²) in [5.74, 6) is 0.809. The molecular formula is C23H27N7OS. The molecule has 1 fully saturated rings. The Kier molecular flexibility index (Phi) is 5.67. The third-order valence-corrected chi connectivity index (χ3v) is 6.34. The Labute approximate surface area is 191 Å². The Morgan fingerprint density at radius 3 is 2.78 bits per heavy atom. The molecule has 0 aliphatic carbocycles. The number of ether oxygens (including phenoxy) is 1. The lowest BCUT2D eigenvalue weighted by atomic mass is 10.1. The SMILES string of the molecule is CCn1c(=S)[nH]c2cc3c(NCc4cc(NC)ccc4N4CCOCC4)ncnc3cc21. The fourth-order valence-corrected chi connectivity index (χ4v) is 4.67. The second-order valence-corrected chi connectivity index (χ2v) is 8.22. The number of nitrogens with one attached hydrogen (secondary N) is 3. The van der Waals surface area contributed by atoms with Crippen LogP contribution in [0.2, 0.25) is 0 Å². The molecule has 0 saturated carbocycles. The Balaban J connectivity index is 1.50. The molecule has 0 radical (unpaired) electrons. The van der Waals surface area contributed by atoms with Crippen molar-refractivity contribution in [2.45, 2.75) is 20.0 Å². The van der Waals surface area contributed by atoms with Gasteiger partial charge in [-0.05, 0) is 55.0 Å². The van der Waals surface area contributed by atoms with Gasteiger partial charge in [-0.2, -0.15) is 0 Å². The summed E-state index contributed by atoms with van der Waals surface area (Å²) in [5.41, 5.74) is 6.47. The van der Waals surface area contributed by atoms with Gasteiger partial charge >= 0.3 is 0 Å². The fraction of sp³-hybridized carbons (Fsp3) is 0.348. The van der Waals surface area contributed by atoms with Gasteiger partial charge in [-0.25, -0.2) is 9.97 Å². The highest BCUT2D eigenvalue weighted by Gasteiger charge is 2.16. The largest absolute Gasteiger partial charge is 0.388 e. The van der Waals surface area contributed by atoms with Gasteiger partial charge in [-0.1, -0.05) is 0 Å². The van der Waals surface area contributed by atoms with Gasteiger partial charge in [-0.15, -0.1) is 0 Å². The molecule has 0 atom stereocenters. The standard InChI is InChI=1S/C23H27N7OS/c1-3-30-21-12-18-17(11-19(21)28-23(30)32)22(27-14-26-18)25-13-15-10-16(24-2)4-5-20(15)29-6-8-31-9-7-29/h4-5,10-12,14,24H,3,6-9,13H2,1-2H3,(H,28,32)(H,25,26,27). The summed E-state index contributed by atoms with van der Waals surface area (Å²) in [4.78, 5) is 14.7. The van der Waals surface area contributed by atoms with Gasteiger partial charge in [0.1, 0.15) is 12.1 Å². The van der Waals surface area contributed by atoms with E-state index in [1.165, 1.54) is 11.3 Å². The molecular weight excluding hydrogens is 422 g/mol. The van der Waals surface area contributed by atoms with E-state index in [1.807, 2.05) is 7.05 Å². The number of imidazole rings is 1. The number of benzene rings is 2. The monoisotopic (exact) mass is 449 g/mol. The first kappa shape index (κ1) is 20.7. The zero-order chi connectivity index (χ0) is 22.1. The van der Waals surface area contributed by atoms with Crippen LogP contribution < -0.4 is 15.5 Å². The number of aromatic nitrogens is 4. The highest BCUT2D eigenvalue weighted by atomic mass is 32.1. The number of hydrogen-bond acceptors (Lipinski definition) is 7. The molecule has 2 aromatic heterocycles. The van der Waals surface area contributed by atoms with Crippen molar-refractivity contribution in [1.82, 2.24) is 19.5 Å². The van der Waals surface area contributed by atoms with Crippen LogP contribution in [0.15, 0.2) is 36.7 Å². The maximum atomic E-state index is 5.54. The first-order chi connectivity index (χ1) is 15.7. The highest BCUT2D eigenvalue weighted by molar-refractivity contribution is 7.71. The number of hydrogen-bond donors (Lipinski definition) is 3. The molecule has 3 heterocycles. The molecule has 4 aromatic rings. The van der Waals surface area contributed by atoms with Crippen molar-refractivity contribution in [3.05, 3.63) is 47.0 Å². The summed E-state index contributed by atoms with van der Waals surface area (Å²) in [6, 6.07) is 10.7. The van der Waals surface area contributed by atoms with Crippen molar-refractivity contribution in [2.75, 3.05) is 48.9 Å². The topological polar surface area (TPSA) is 83.0 Å². The number of morpholine rings is 1. The molecule has 0 amide bonds. The van der Waals surface area contributed by atoms with Gasteiger partial charge < -0.3 is 29.8 Å². The molecule has 3 N–H and O–H groups in total. The van der Waals surface area contributed by atoms with Gasteiger partial charge in [-0.3, -0.25) is 0 Å². The van der Waals surface area contributed by atoms with Gasteiger partial charge in [0.2, 0.25) is 0 Å². The van der Waals surface area contributed by atoms with Gasteiger partial charge in [0.05, 0.1) is 29.8 Å². The minimum absolute atomic E-state index is 0.651. The lowest BCUT2D eigenvalue weighted by Gasteiger charge is -2.31. The summed E-state index contributed by atoms with van der Waals surface area (Å²) in [7, 11) is 1.94. The number of anilines is 3. The second-order valence-electron chi connectivity index (χ2n) is 7.83. The van der Waals surface area contributed by atoms with Crippen LogP contribution in [0.4, 0.5) is 17.2 Å². The van der Waals surface area contributed by atoms with Crippen molar-refractivity contribution in [1.29, 1.82) is 0 Å². The normalized spacial score (nSPS) is 14.2. The van der Waals surface area contributed by atoms with Crippen molar-refractivity contribution in [3.8, 4) is 0 Å². The van der Waals surface area contributed by atoms with Crippen LogP contribution in [0.1, 0.15) is 12.5 Å². The molecule has 1 aliphatic heterocycles. The Bertz CT molecular complexity index is 1320. The van der Waals surface area contributed by atoms with Crippen LogP contribution in [0.3, 0.4) is 0 Å². The van der Waals surface area contributed by atoms with Crippen molar-refractivity contribution < 1.29 is 4.74 Å². The highest BCUT2D eigenvalue weighted by Crippen LogP contribution is 2.29. The van der Waals surface area contributed by atoms with E-state index in [-0.39, 0.29) is 0 Å². The summed E-state index contributed by atoms with van der Waals surface area (Å²) in [6.07, 6.45) is 1.61. The minimum atomic E-state index is 0.651. The van der Waals surface area contributed by atoms with Crippen molar-refractivity contribution in [3.63, 3.8) is 0 Å². The average Bonchev–Trinajstić information content (AvgIpc) is 3.15. The first-order valence-corrected chi connectivity index (χ1v) is 11.3. The first-order valence-electron chi connectivity index (χ1n) is 10.9. The van der Waals surface area contributed by atoms with Gasteiger partial charge in [0.15, 0.2) is 4.77 Å². The number of rotatable bonds is 6. The number of fused-ring (bicyclic) bond motifs is 2. The van der Waals surface area contributed by atoms with Crippen LogP contribution in [-0.2, 0) is 17.8 Å². The van der Waals surface area contributed by atoms with E-state index in [0.717, 1.165) is 71.1 Å². The van der Waals surface area contributed by atoms with E-state index in [2.05, 4.69) is 72.3 Å². The molecule has 1 saturated heterocycles. The third kappa shape index (κ3) is 3.78. The summed E-state index contributed by atoms with van der Waals surface area (Å²) in [5, 5.41) is 7.77. The van der Waals surface area contributed by atoms with E-state index >= 15 is 0 Å². The Morgan fingerprint density at radius 1 is 1.16 bits per heavy atom. The summed E-state index contributed by atoms with van der Waals surface area (Å²) < 4.78 is 8.34. The summed E-state index contributed by atoms with van der Waals surface area (Å²) >= 11 is 5.47. The molecule has 32 heavy (non-hydrogen) atoms. The number of H-pyrrole nitrogens is 1. The number of aromatic amines is 1. The van der Waals surface area contributed by atoms with Gasteiger partial charge in [0.25, 0.3) is 0 Å². The Morgan fingerprint density at radius 2 is 2.00 bits per heavy atom. The van der Waals surface area contributed by atoms with Crippen molar-refractivity contribution in [2.24, 2.45) is 0 Å². The van der Waals surface area contributed by atoms with Crippen LogP contribution in [0.5, 0.6) is 0 Å². The quantitative estimate of drug-likeness (QED) is 0.381. The maximum Gasteiger partial charge on any atom is 0.178 e. The lowest BCUT2D eigenvalue weighted by molar-refractivity contribution is 0.122. The van der Waals surface area contributed by atoms with Crippen LogP contribution in [0.25, 0.3) is 21.9 Å². The zero-order valence-electron chi connectivity index (χ0n) is 18.3. The van der Waals surface area contributed by atoms with Gasteiger partial charge in [0, 0.05) is 50.0 Å². The molecule has 166 valence electrons. The molecule has 0 unspecified atom stereocenters. The number of nitrogens with zero attached hydrogens (tertiary/aromatic N) is 4. The second kappa shape index (κ2) is 8.76. The van der Waals surface area contributed by atoms with Crippen LogP contribution in [0, 0.1) is 4.77 Å². The van der Waals surface area contributed by atoms with E-state index in [0.29, 0.717) is 6.54 Å². The predicted octanol–water partition coefficient (Wildman–Crippen LogP) is 4.15. The van der Waals surface area contributed by atoms with Crippen molar-refractivity contribution >= 4 is 51.3 Å². The molecule has 9 heteroatoms. The fourth-order valence-electron chi connectivity index (χ4n) is 4.34. The maximum absolute atomic E-state index is 5.54. The molecule has 5 rings (SSSR count). The number of aryl methyl sites for hydroxylation is 1. The van der Waals surface area contributed by atoms with E-state index in [4.69, 9.17) is 17.0 Å². The minimum Gasteiger partial charge on any atom is -0.388 e. The van der Waals surface area contributed by atoms with Crippen LogP contribution in [-0.4, -0.2) is 52.9 Å². The van der Waals surface area contributed by atoms with Crippen LogP contribution >= 0.6 is 12.2 Å². The Hall–Kier alpha value is -3.17. The molecule has 0 bridgehead atoms. The molecule has 1 aliphatic rings. The average molecular weight is 450 g/mol. The van der Waals surface area contributed by atoms with E-state index < -0.39 is 0 Å². The molecule has 0 spiro atoms. The molecule has 8 nitrogen and oxygen atoms in total. The lowest BCUT2D eigenvalue weighted by Crippen LogP contribution is -2.36. The van der Waals surface area contributed by atoms with E-state index in [1.54, 1.807) is 6.33 Å². The zero-order valence-corrected chi connectivity index (χ0v) is 19.1.